The summed E-state index contributed by atoms with van der Waals surface area (Å²) in [6, 6.07) is 0. The van der Waals surface area contributed by atoms with Gasteiger partial charge in [-0.25, -0.2) is 0 Å². The molecule has 0 radical (unpaired) electrons. The molecule has 10 heavy (non-hydrogen) atoms. The van der Waals surface area contributed by atoms with Gasteiger partial charge in [-0.05, 0) is 18.4 Å². The molecule has 0 aliphatic rings. The SMILES string of the molecule is C[CH+]C(C=CC(C)C)CC. The Morgan fingerprint density at radius 2 is 1.90 bits per heavy atom. The maximum absolute atomic E-state index is 2.30. The summed E-state index contributed by atoms with van der Waals surface area (Å²) in [7, 11) is 0. The van der Waals surface area contributed by atoms with Crippen molar-refractivity contribution in [1.82, 2.24) is 0 Å². The molecule has 0 fully saturated rings. The van der Waals surface area contributed by atoms with Crippen LogP contribution >= 0.6 is 0 Å². The predicted octanol–water partition coefficient (Wildman–Crippen LogP) is 3.45. The molecule has 0 spiro atoms. The lowest BCUT2D eigenvalue weighted by Crippen LogP contribution is -1.92. The molecule has 0 aromatic heterocycles. The fourth-order valence-corrected chi connectivity index (χ4v) is 0.848. The first-order valence-electron chi connectivity index (χ1n) is 4.18. The van der Waals surface area contributed by atoms with E-state index in [0.29, 0.717) is 11.8 Å². The molecule has 0 saturated heterocycles. The first-order chi connectivity index (χ1) is 4.70. The lowest BCUT2D eigenvalue weighted by Gasteiger charge is -1.98. The van der Waals surface area contributed by atoms with E-state index in [9.17, 15) is 0 Å². The Morgan fingerprint density at radius 1 is 1.30 bits per heavy atom. The standard InChI is InChI=1S/C10H19/c1-5-10(6-2)8-7-9(3)4/h5,7-10H,6H2,1-4H3/q+1. The summed E-state index contributed by atoms with van der Waals surface area (Å²) in [6.45, 7) is 8.76. The quantitative estimate of drug-likeness (QED) is 0.413. The van der Waals surface area contributed by atoms with Gasteiger partial charge in [-0.15, -0.1) is 0 Å². The summed E-state index contributed by atoms with van der Waals surface area (Å²) in [5.74, 6) is 1.37. The van der Waals surface area contributed by atoms with Gasteiger partial charge in [0.25, 0.3) is 0 Å². The Morgan fingerprint density at radius 3 is 2.20 bits per heavy atom. The van der Waals surface area contributed by atoms with Gasteiger partial charge in [-0.1, -0.05) is 26.8 Å². The molecule has 0 nitrogen and oxygen atoms in total. The Bertz CT molecular complexity index is 86.2. The van der Waals surface area contributed by atoms with E-state index in [0.717, 1.165) is 0 Å². The third kappa shape index (κ3) is 4.49. The van der Waals surface area contributed by atoms with E-state index in [2.05, 4.69) is 46.3 Å². The second-order valence-corrected chi connectivity index (χ2v) is 3.03. The highest BCUT2D eigenvalue weighted by molar-refractivity contribution is 4.94. The summed E-state index contributed by atoms with van der Waals surface area (Å²) in [6.07, 6.45) is 8.04. The first kappa shape index (κ1) is 9.61. The summed E-state index contributed by atoms with van der Waals surface area (Å²) in [5.41, 5.74) is 0. The fraction of sp³-hybridized carbons (Fsp3) is 0.700. The van der Waals surface area contributed by atoms with Crippen molar-refractivity contribution in [3.05, 3.63) is 18.6 Å². The van der Waals surface area contributed by atoms with Crippen LogP contribution in [0.25, 0.3) is 0 Å². The highest BCUT2D eigenvalue weighted by Gasteiger charge is 2.04. The predicted molar refractivity (Wildman–Crippen MR) is 47.7 cm³/mol. The van der Waals surface area contributed by atoms with E-state index >= 15 is 0 Å². The van der Waals surface area contributed by atoms with Crippen LogP contribution in [0.2, 0.25) is 0 Å². The number of rotatable bonds is 4. The molecule has 0 amide bonds. The largest absolute Gasteiger partial charge is 0.115 e. The van der Waals surface area contributed by atoms with Gasteiger partial charge in [0.15, 0.2) is 0 Å². The molecule has 1 unspecified atom stereocenters. The molecular formula is C10H19+. The minimum atomic E-state index is 0.683. The molecule has 0 rings (SSSR count). The van der Waals surface area contributed by atoms with Crippen LogP contribution in [-0.4, -0.2) is 0 Å². The molecule has 0 heteroatoms. The van der Waals surface area contributed by atoms with Crippen LogP contribution in [0.15, 0.2) is 12.2 Å². The number of allylic oxidation sites excluding steroid dienone is 2. The Hall–Kier alpha value is -0.390. The molecule has 0 saturated carbocycles. The average molecular weight is 139 g/mol. The molecular weight excluding hydrogens is 120 g/mol. The Kier molecular flexibility index (Phi) is 5.19. The maximum Gasteiger partial charge on any atom is 0.115 e. The molecule has 58 valence electrons. The van der Waals surface area contributed by atoms with Crippen LogP contribution in [0, 0.1) is 18.3 Å². The van der Waals surface area contributed by atoms with Gasteiger partial charge in [0.1, 0.15) is 5.92 Å². The summed E-state index contributed by atoms with van der Waals surface area (Å²) in [5, 5.41) is 0. The van der Waals surface area contributed by atoms with Crippen molar-refractivity contribution >= 4 is 0 Å². The van der Waals surface area contributed by atoms with E-state index in [1.165, 1.54) is 6.42 Å². The second kappa shape index (κ2) is 5.40. The summed E-state index contributed by atoms with van der Waals surface area (Å²) in [4.78, 5) is 0. The van der Waals surface area contributed by atoms with Gasteiger partial charge in [0.2, 0.25) is 0 Å². The minimum absolute atomic E-state index is 0.683. The molecule has 1 atom stereocenters. The highest BCUT2D eigenvalue weighted by atomic mass is 14.0. The van der Waals surface area contributed by atoms with Gasteiger partial charge < -0.3 is 0 Å². The normalized spacial score (nSPS) is 14.5. The van der Waals surface area contributed by atoms with Gasteiger partial charge in [-0.2, -0.15) is 0 Å². The molecule has 0 heterocycles. The summed E-state index contributed by atoms with van der Waals surface area (Å²) >= 11 is 0. The molecule has 0 aromatic carbocycles. The van der Waals surface area contributed by atoms with Crippen molar-refractivity contribution in [3.63, 3.8) is 0 Å². The average Bonchev–Trinajstić information content (AvgIpc) is 1.90. The van der Waals surface area contributed by atoms with E-state index in [1.807, 2.05) is 0 Å². The lowest BCUT2D eigenvalue weighted by molar-refractivity contribution is 0.706. The fourth-order valence-electron chi connectivity index (χ4n) is 0.848. The summed E-state index contributed by atoms with van der Waals surface area (Å²) < 4.78 is 0. The Labute approximate surface area is 65.3 Å². The maximum atomic E-state index is 2.30. The van der Waals surface area contributed by atoms with E-state index in [4.69, 9.17) is 0 Å². The van der Waals surface area contributed by atoms with E-state index in [1.54, 1.807) is 0 Å². The molecule has 0 bridgehead atoms. The topological polar surface area (TPSA) is 0 Å². The third-order valence-electron chi connectivity index (χ3n) is 1.64. The lowest BCUT2D eigenvalue weighted by atomic mass is 10.0. The van der Waals surface area contributed by atoms with Crippen LogP contribution in [0.1, 0.15) is 34.1 Å². The minimum Gasteiger partial charge on any atom is -0.0815 e. The van der Waals surface area contributed by atoms with E-state index < -0.39 is 0 Å². The van der Waals surface area contributed by atoms with Gasteiger partial charge in [-0.3, -0.25) is 0 Å². The van der Waals surface area contributed by atoms with Crippen LogP contribution in [0.4, 0.5) is 0 Å². The van der Waals surface area contributed by atoms with Gasteiger partial charge in [0, 0.05) is 0 Å². The molecule has 0 aliphatic carbocycles. The van der Waals surface area contributed by atoms with Crippen LogP contribution in [0.3, 0.4) is 0 Å². The second-order valence-electron chi connectivity index (χ2n) is 3.03. The number of hydrogen-bond donors (Lipinski definition) is 0. The highest BCUT2D eigenvalue weighted by Crippen LogP contribution is 2.09. The van der Waals surface area contributed by atoms with Gasteiger partial charge >= 0.3 is 0 Å². The first-order valence-corrected chi connectivity index (χ1v) is 4.18. The van der Waals surface area contributed by atoms with Crippen molar-refractivity contribution in [2.45, 2.75) is 34.1 Å². The van der Waals surface area contributed by atoms with Crippen LogP contribution in [-0.2, 0) is 0 Å². The smallest absolute Gasteiger partial charge is 0.0815 e. The Balaban J connectivity index is 3.61. The van der Waals surface area contributed by atoms with Crippen molar-refractivity contribution in [2.24, 2.45) is 11.8 Å². The molecule has 0 N–H and O–H groups in total. The molecule has 0 aliphatic heterocycles. The zero-order valence-corrected chi connectivity index (χ0v) is 7.59. The monoisotopic (exact) mass is 139 g/mol. The van der Waals surface area contributed by atoms with Gasteiger partial charge in [0.05, 0.1) is 13.3 Å². The van der Waals surface area contributed by atoms with E-state index in [-0.39, 0.29) is 0 Å². The van der Waals surface area contributed by atoms with Crippen molar-refractivity contribution < 1.29 is 0 Å². The van der Waals surface area contributed by atoms with Crippen molar-refractivity contribution in [1.29, 1.82) is 0 Å². The zero-order chi connectivity index (χ0) is 7.98. The van der Waals surface area contributed by atoms with Crippen LogP contribution < -0.4 is 0 Å². The molecule has 0 aromatic rings. The zero-order valence-electron chi connectivity index (χ0n) is 7.59. The number of hydrogen-bond acceptors (Lipinski definition) is 0. The van der Waals surface area contributed by atoms with Crippen LogP contribution in [0.5, 0.6) is 0 Å². The third-order valence-corrected chi connectivity index (χ3v) is 1.64. The van der Waals surface area contributed by atoms with Crippen molar-refractivity contribution in [3.8, 4) is 0 Å². The van der Waals surface area contributed by atoms with Crippen molar-refractivity contribution in [2.75, 3.05) is 0 Å².